The largest absolute Gasteiger partial charge is 0.364 e. The molecule has 0 aliphatic carbocycles. The van der Waals surface area contributed by atoms with E-state index < -0.39 is 0 Å². The van der Waals surface area contributed by atoms with Crippen LogP contribution in [-0.2, 0) is 6.54 Å². The molecule has 1 atom stereocenters. The number of pyridine rings is 1. The summed E-state index contributed by atoms with van der Waals surface area (Å²) in [5.41, 5.74) is 3.09. The molecule has 0 radical (unpaired) electrons. The van der Waals surface area contributed by atoms with E-state index in [1.807, 2.05) is 49.4 Å². The van der Waals surface area contributed by atoms with Crippen LogP contribution in [0.25, 0.3) is 0 Å². The minimum Gasteiger partial charge on any atom is -0.364 e. The molecule has 5 heteroatoms. The lowest BCUT2D eigenvalue weighted by atomic mass is 10.1. The predicted octanol–water partition coefficient (Wildman–Crippen LogP) is 3.97. The van der Waals surface area contributed by atoms with Gasteiger partial charge in [-0.3, -0.25) is 4.98 Å². The first-order valence-electron chi connectivity index (χ1n) is 8.01. The summed E-state index contributed by atoms with van der Waals surface area (Å²) >= 11 is 0. The Balaban J connectivity index is 1.69. The Hall–Kier alpha value is -2.95. The summed E-state index contributed by atoms with van der Waals surface area (Å²) in [4.78, 5) is 13.3. The predicted molar refractivity (Wildman–Crippen MR) is 96.8 cm³/mol. The van der Waals surface area contributed by atoms with E-state index in [4.69, 9.17) is 0 Å². The molecule has 5 nitrogen and oxygen atoms in total. The van der Waals surface area contributed by atoms with E-state index in [2.05, 4.69) is 44.6 Å². The summed E-state index contributed by atoms with van der Waals surface area (Å²) in [5.74, 6) is 1.41. The SMILES string of the molecule is Cc1cc(NCc2ccccn2)nc(NC(C)c2ccccc2)n1. The first kappa shape index (κ1) is 15.9. The van der Waals surface area contributed by atoms with Gasteiger partial charge in [0, 0.05) is 18.0 Å². The number of hydrogen-bond acceptors (Lipinski definition) is 5. The molecule has 0 aliphatic rings. The van der Waals surface area contributed by atoms with Crippen molar-refractivity contribution in [2.45, 2.75) is 26.4 Å². The molecule has 3 aromatic rings. The first-order valence-corrected chi connectivity index (χ1v) is 8.01. The second-order valence-corrected chi connectivity index (χ2v) is 5.67. The van der Waals surface area contributed by atoms with Gasteiger partial charge in [-0.15, -0.1) is 0 Å². The van der Waals surface area contributed by atoms with Gasteiger partial charge in [0.25, 0.3) is 0 Å². The molecular formula is C19H21N5. The van der Waals surface area contributed by atoms with Gasteiger partial charge in [-0.2, -0.15) is 4.98 Å². The van der Waals surface area contributed by atoms with Crippen LogP contribution in [0.15, 0.2) is 60.8 Å². The fraction of sp³-hybridized carbons (Fsp3) is 0.211. The Morgan fingerprint density at radius 1 is 1.00 bits per heavy atom. The van der Waals surface area contributed by atoms with Crippen LogP contribution in [0.1, 0.15) is 29.9 Å². The summed E-state index contributed by atoms with van der Waals surface area (Å²) in [6, 6.07) is 18.2. The van der Waals surface area contributed by atoms with Crippen LogP contribution < -0.4 is 10.6 Å². The third-order valence-corrected chi connectivity index (χ3v) is 3.68. The Labute approximate surface area is 142 Å². The molecule has 122 valence electrons. The molecule has 0 saturated heterocycles. The smallest absolute Gasteiger partial charge is 0.225 e. The highest BCUT2D eigenvalue weighted by Crippen LogP contribution is 2.18. The third-order valence-electron chi connectivity index (χ3n) is 3.68. The molecule has 0 saturated carbocycles. The van der Waals surface area contributed by atoms with Crippen molar-refractivity contribution in [3.63, 3.8) is 0 Å². The molecule has 2 N–H and O–H groups in total. The Morgan fingerprint density at radius 3 is 2.54 bits per heavy atom. The number of aryl methyl sites for hydroxylation is 1. The topological polar surface area (TPSA) is 62.7 Å². The molecule has 0 amide bonds. The summed E-state index contributed by atoms with van der Waals surface area (Å²) < 4.78 is 0. The zero-order chi connectivity index (χ0) is 16.8. The standard InChI is InChI=1S/C19H21N5/c1-14-12-18(21-13-17-10-6-7-11-20-17)24-19(22-14)23-15(2)16-8-4-3-5-9-16/h3-12,15H,13H2,1-2H3,(H2,21,22,23,24). The maximum Gasteiger partial charge on any atom is 0.225 e. The molecular weight excluding hydrogens is 298 g/mol. The van der Waals surface area contributed by atoms with Crippen molar-refractivity contribution in [1.82, 2.24) is 15.0 Å². The molecule has 2 aromatic heterocycles. The van der Waals surface area contributed by atoms with Gasteiger partial charge in [0.05, 0.1) is 18.3 Å². The number of rotatable bonds is 6. The van der Waals surface area contributed by atoms with Gasteiger partial charge in [0.15, 0.2) is 0 Å². The van der Waals surface area contributed by atoms with Gasteiger partial charge < -0.3 is 10.6 Å². The first-order chi connectivity index (χ1) is 11.7. The fourth-order valence-electron chi connectivity index (χ4n) is 2.43. The normalized spacial score (nSPS) is 11.8. The number of aromatic nitrogens is 3. The van der Waals surface area contributed by atoms with E-state index in [9.17, 15) is 0 Å². The number of nitrogens with zero attached hydrogens (tertiary/aromatic N) is 3. The zero-order valence-electron chi connectivity index (χ0n) is 13.9. The number of benzene rings is 1. The minimum atomic E-state index is 0.136. The van der Waals surface area contributed by atoms with E-state index in [0.717, 1.165) is 17.2 Å². The molecule has 0 aliphatic heterocycles. The lowest BCUT2D eigenvalue weighted by molar-refractivity contribution is 0.856. The van der Waals surface area contributed by atoms with Gasteiger partial charge >= 0.3 is 0 Å². The van der Waals surface area contributed by atoms with Crippen molar-refractivity contribution in [1.29, 1.82) is 0 Å². The molecule has 1 aromatic carbocycles. The average Bonchev–Trinajstić information content (AvgIpc) is 2.61. The number of nitrogens with one attached hydrogen (secondary N) is 2. The number of hydrogen-bond donors (Lipinski definition) is 2. The fourth-order valence-corrected chi connectivity index (χ4v) is 2.43. The van der Waals surface area contributed by atoms with Crippen molar-refractivity contribution >= 4 is 11.8 Å². The Kier molecular flexibility index (Phi) is 5.01. The highest BCUT2D eigenvalue weighted by molar-refractivity contribution is 5.43. The van der Waals surface area contributed by atoms with Crippen LogP contribution in [0.3, 0.4) is 0 Å². The quantitative estimate of drug-likeness (QED) is 0.720. The van der Waals surface area contributed by atoms with Crippen LogP contribution in [-0.4, -0.2) is 15.0 Å². The van der Waals surface area contributed by atoms with E-state index in [1.165, 1.54) is 5.56 Å². The second-order valence-electron chi connectivity index (χ2n) is 5.67. The minimum absolute atomic E-state index is 0.136. The molecule has 3 rings (SSSR count). The zero-order valence-corrected chi connectivity index (χ0v) is 13.9. The van der Waals surface area contributed by atoms with E-state index in [1.54, 1.807) is 6.20 Å². The Bertz CT molecular complexity index is 774. The monoisotopic (exact) mass is 319 g/mol. The molecule has 0 fully saturated rings. The van der Waals surface area contributed by atoms with Gasteiger partial charge in [0.1, 0.15) is 5.82 Å². The summed E-state index contributed by atoms with van der Waals surface area (Å²) in [6.45, 7) is 4.69. The van der Waals surface area contributed by atoms with Crippen LogP contribution in [0.2, 0.25) is 0 Å². The van der Waals surface area contributed by atoms with Crippen molar-refractivity contribution in [3.05, 3.63) is 77.7 Å². The van der Waals surface area contributed by atoms with Gasteiger partial charge in [-0.05, 0) is 31.5 Å². The van der Waals surface area contributed by atoms with Crippen LogP contribution in [0.4, 0.5) is 11.8 Å². The highest BCUT2D eigenvalue weighted by Gasteiger charge is 2.08. The molecule has 0 bridgehead atoms. The van der Waals surface area contributed by atoms with Gasteiger partial charge in [-0.25, -0.2) is 4.98 Å². The molecule has 24 heavy (non-hydrogen) atoms. The molecule has 0 spiro atoms. The van der Waals surface area contributed by atoms with Crippen molar-refractivity contribution in [2.24, 2.45) is 0 Å². The Morgan fingerprint density at radius 2 is 1.79 bits per heavy atom. The average molecular weight is 319 g/mol. The molecule has 1 unspecified atom stereocenters. The van der Waals surface area contributed by atoms with Crippen LogP contribution in [0.5, 0.6) is 0 Å². The highest BCUT2D eigenvalue weighted by atomic mass is 15.2. The van der Waals surface area contributed by atoms with Crippen molar-refractivity contribution < 1.29 is 0 Å². The van der Waals surface area contributed by atoms with E-state index in [-0.39, 0.29) is 6.04 Å². The van der Waals surface area contributed by atoms with Gasteiger partial charge in [0.2, 0.25) is 5.95 Å². The summed E-state index contributed by atoms with van der Waals surface area (Å²) in [7, 11) is 0. The number of anilines is 2. The van der Waals surface area contributed by atoms with E-state index >= 15 is 0 Å². The summed E-state index contributed by atoms with van der Waals surface area (Å²) in [5, 5.41) is 6.66. The second kappa shape index (κ2) is 7.55. The maximum absolute atomic E-state index is 4.55. The van der Waals surface area contributed by atoms with Crippen molar-refractivity contribution in [3.8, 4) is 0 Å². The summed E-state index contributed by atoms with van der Waals surface area (Å²) in [6.07, 6.45) is 1.79. The van der Waals surface area contributed by atoms with Crippen LogP contribution >= 0.6 is 0 Å². The lowest BCUT2D eigenvalue weighted by Gasteiger charge is -2.15. The van der Waals surface area contributed by atoms with Crippen LogP contribution in [0, 0.1) is 6.92 Å². The molecule has 2 heterocycles. The van der Waals surface area contributed by atoms with Gasteiger partial charge in [-0.1, -0.05) is 36.4 Å². The maximum atomic E-state index is 4.55. The third kappa shape index (κ3) is 4.29. The lowest BCUT2D eigenvalue weighted by Crippen LogP contribution is -2.11. The van der Waals surface area contributed by atoms with Crippen molar-refractivity contribution in [2.75, 3.05) is 10.6 Å². The van der Waals surface area contributed by atoms with E-state index in [0.29, 0.717) is 12.5 Å².